The zero-order valence-corrected chi connectivity index (χ0v) is 12.7. The summed E-state index contributed by atoms with van der Waals surface area (Å²) in [6.45, 7) is 0.656. The molecule has 120 valence electrons. The highest BCUT2D eigenvalue weighted by atomic mass is 16.3. The quantitative estimate of drug-likeness (QED) is 0.627. The molecule has 0 aliphatic carbocycles. The molecule has 0 bridgehead atoms. The molecule has 3 aromatic heterocycles. The number of pyridine rings is 1. The third-order valence-corrected chi connectivity index (χ3v) is 3.87. The van der Waals surface area contributed by atoms with Crippen molar-refractivity contribution in [2.24, 2.45) is 0 Å². The minimum atomic E-state index is -0.307. The van der Waals surface area contributed by atoms with Gasteiger partial charge in [-0.3, -0.25) is 9.59 Å². The van der Waals surface area contributed by atoms with E-state index in [-0.39, 0.29) is 17.2 Å². The normalized spacial score (nSPS) is 11.2. The predicted octanol–water partition coefficient (Wildman–Crippen LogP) is 2.77. The number of hydrogen-bond acceptors (Lipinski definition) is 4. The Morgan fingerprint density at radius 3 is 2.88 bits per heavy atom. The molecule has 4 rings (SSSR count). The second-order valence-electron chi connectivity index (χ2n) is 5.42. The van der Waals surface area contributed by atoms with E-state index >= 15 is 0 Å². The number of nitrogens with zero attached hydrogens (tertiary/aromatic N) is 1. The Morgan fingerprint density at radius 2 is 2.00 bits per heavy atom. The van der Waals surface area contributed by atoms with E-state index in [9.17, 15) is 9.59 Å². The van der Waals surface area contributed by atoms with Gasteiger partial charge in [-0.25, -0.2) is 0 Å². The average Bonchev–Trinajstić information content (AvgIpc) is 3.23. The van der Waals surface area contributed by atoms with Crippen molar-refractivity contribution in [3.8, 4) is 0 Å². The Kier molecular flexibility index (Phi) is 3.42. The second-order valence-corrected chi connectivity index (χ2v) is 5.42. The zero-order chi connectivity index (χ0) is 16.5. The van der Waals surface area contributed by atoms with Gasteiger partial charge in [0.25, 0.3) is 11.5 Å². The van der Waals surface area contributed by atoms with Crippen molar-refractivity contribution in [2.75, 3.05) is 6.54 Å². The molecule has 0 atom stereocenters. The molecule has 24 heavy (non-hydrogen) atoms. The van der Waals surface area contributed by atoms with E-state index in [0.717, 1.165) is 10.8 Å². The third-order valence-electron chi connectivity index (χ3n) is 3.87. The fraction of sp³-hybridized carbons (Fsp3) is 0.111. The number of furan rings is 2. The highest BCUT2D eigenvalue weighted by Crippen LogP contribution is 2.18. The maximum atomic E-state index is 12.2. The highest BCUT2D eigenvalue weighted by Gasteiger charge is 2.12. The topological polar surface area (TPSA) is 77.4 Å². The Morgan fingerprint density at radius 1 is 1.12 bits per heavy atom. The number of carbonyl (C=O) groups is 1. The molecule has 6 heteroatoms. The number of benzene rings is 1. The van der Waals surface area contributed by atoms with Gasteiger partial charge in [0, 0.05) is 30.1 Å². The molecule has 4 aromatic rings. The summed E-state index contributed by atoms with van der Waals surface area (Å²) in [7, 11) is 0. The van der Waals surface area contributed by atoms with Gasteiger partial charge in [-0.2, -0.15) is 0 Å². The van der Waals surface area contributed by atoms with E-state index in [1.807, 2.05) is 24.3 Å². The lowest BCUT2D eigenvalue weighted by Crippen LogP contribution is -2.30. The summed E-state index contributed by atoms with van der Waals surface area (Å²) in [6, 6.07) is 12.7. The van der Waals surface area contributed by atoms with Gasteiger partial charge in [-0.05, 0) is 24.3 Å². The van der Waals surface area contributed by atoms with Gasteiger partial charge >= 0.3 is 0 Å². The fourth-order valence-electron chi connectivity index (χ4n) is 2.64. The third kappa shape index (κ3) is 2.48. The standard InChI is InChI=1S/C18H14N2O4/c21-17(15-11-13-3-1-2-4-14(13)24-15)19-7-9-20-8-5-12-6-10-23-16(12)18(20)22/h1-6,8,10-11H,7,9H2,(H,19,21). The molecule has 3 heterocycles. The van der Waals surface area contributed by atoms with Crippen molar-refractivity contribution in [3.63, 3.8) is 0 Å². The average molecular weight is 322 g/mol. The zero-order valence-electron chi connectivity index (χ0n) is 12.7. The van der Waals surface area contributed by atoms with E-state index in [1.54, 1.807) is 24.4 Å². The van der Waals surface area contributed by atoms with Crippen LogP contribution in [0.3, 0.4) is 0 Å². The van der Waals surface area contributed by atoms with Crippen LogP contribution in [0.4, 0.5) is 0 Å². The number of carbonyl (C=O) groups excluding carboxylic acids is 1. The molecule has 0 aliphatic rings. The highest BCUT2D eigenvalue weighted by molar-refractivity contribution is 5.96. The van der Waals surface area contributed by atoms with Crippen LogP contribution < -0.4 is 10.9 Å². The first-order valence-corrected chi connectivity index (χ1v) is 7.56. The molecule has 1 aromatic carbocycles. The van der Waals surface area contributed by atoms with Gasteiger partial charge in [0.1, 0.15) is 5.58 Å². The van der Waals surface area contributed by atoms with Gasteiger partial charge in [-0.1, -0.05) is 18.2 Å². The first-order valence-electron chi connectivity index (χ1n) is 7.56. The SMILES string of the molecule is O=C(NCCn1ccc2ccoc2c1=O)c1cc2ccccc2o1. The minimum absolute atomic E-state index is 0.213. The van der Waals surface area contributed by atoms with E-state index < -0.39 is 0 Å². The number of hydrogen-bond donors (Lipinski definition) is 1. The van der Waals surface area contributed by atoms with E-state index in [2.05, 4.69) is 5.32 Å². The molecule has 6 nitrogen and oxygen atoms in total. The van der Waals surface area contributed by atoms with Crippen LogP contribution >= 0.6 is 0 Å². The van der Waals surface area contributed by atoms with Crippen molar-refractivity contribution in [3.05, 3.63) is 71.0 Å². The maximum Gasteiger partial charge on any atom is 0.294 e. The van der Waals surface area contributed by atoms with Gasteiger partial charge < -0.3 is 18.7 Å². The molecular formula is C18H14N2O4. The molecule has 0 aliphatic heterocycles. The van der Waals surface area contributed by atoms with Crippen molar-refractivity contribution < 1.29 is 13.6 Å². The summed E-state index contributed by atoms with van der Waals surface area (Å²) in [6.07, 6.45) is 3.17. The molecule has 0 saturated heterocycles. The lowest BCUT2D eigenvalue weighted by molar-refractivity contribution is 0.0926. The van der Waals surface area contributed by atoms with Crippen molar-refractivity contribution >= 4 is 27.8 Å². The minimum Gasteiger partial charge on any atom is -0.459 e. The first-order chi connectivity index (χ1) is 11.7. The predicted molar refractivity (Wildman–Crippen MR) is 89.0 cm³/mol. The lowest BCUT2D eigenvalue weighted by atomic mass is 10.2. The van der Waals surface area contributed by atoms with E-state index in [0.29, 0.717) is 24.3 Å². The van der Waals surface area contributed by atoms with Crippen molar-refractivity contribution in [1.82, 2.24) is 9.88 Å². The fourth-order valence-corrected chi connectivity index (χ4v) is 2.64. The summed E-state index contributed by atoms with van der Waals surface area (Å²) in [4.78, 5) is 24.3. The maximum absolute atomic E-state index is 12.2. The van der Waals surface area contributed by atoms with Gasteiger partial charge in [0.05, 0.1) is 6.26 Å². The second kappa shape index (κ2) is 5.73. The molecule has 0 fully saturated rings. The molecule has 0 spiro atoms. The molecule has 1 amide bonds. The number of amides is 1. The number of nitrogens with one attached hydrogen (secondary N) is 1. The molecule has 0 unspecified atom stereocenters. The van der Waals surface area contributed by atoms with Crippen LogP contribution in [0.2, 0.25) is 0 Å². The number of rotatable bonds is 4. The summed E-state index contributed by atoms with van der Waals surface area (Å²) < 4.78 is 12.2. The Bertz CT molecular complexity index is 1050. The largest absolute Gasteiger partial charge is 0.459 e. The van der Waals surface area contributed by atoms with Crippen LogP contribution in [0.1, 0.15) is 10.6 Å². The number of para-hydroxylation sites is 1. The van der Waals surface area contributed by atoms with Gasteiger partial charge in [0.15, 0.2) is 11.3 Å². The lowest BCUT2D eigenvalue weighted by Gasteiger charge is -2.06. The van der Waals surface area contributed by atoms with Crippen LogP contribution in [0.25, 0.3) is 21.9 Å². The van der Waals surface area contributed by atoms with E-state index in [4.69, 9.17) is 8.83 Å². The molecule has 0 saturated carbocycles. The molecule has 1 N–H and O–H groups in total. The Hall–Kier alpha value is -3.28. The molecule has 0 radical (unpaired) electrons. The van der Waals surface area contributed by atoms with Crippen molar-refractivity contribution in [2.45, 2.75) is 6.54 Å². The van der Waals surface area contributed by atoms with Crippen LogP contribution in [-0.2, 0) is 6.54 Å². The van der Waals surface area contributed by atoms with Crippen LogP contribution in [0.15, 0.2) is 68.6 Å². The molecular weight excluding hydrogens is 308 g/mol. The van der Waals surface area contributed by atoms with Gasteiger partial charge in [-0.15, -0.1) is 0 Å². The summed E-state index contributed by atoms with van der Waals surface area (Å²) in [5.41, 5.74) is 0.777. The van der Waals surface area contributed by atoms with Crippen LogP contribution in [0.5, 0.6) is 0 Å². The monoisotopic (exact) mass is 322 g/mol. The summed E-state index contributed by atoms with van der Waals surface area (Å²) in [5.74, 6) is -0.0524. The number of fused-ring (bicyclic) bond motifs is 2. The van der Waals surface area contributed by atoms with Crippen molar-refractivity contribution in [1.29, 1.82) is 0 Å². The van der Waals surface area contributed by atoms with Crippen LogP contribution in [0, 0.1) is 0 Å². The Labute approximate surface area is 136 Å². The first kappa shape index (κ1) is 14.3. The van der Waals surface area contributed by atoms with Gasteiger partial charge in [0.2, 0.25) is 0 Å². The Balaban J connectivity index is 1.45. The van der Waals surface area contributed by atoms with Crippen LogP contribution in [-0.4, -0.2) is 17.0 Å². The smallest absolute Gasteiger partial charge is 0.294 e. The number of aromatic nitrogens is 1. The van der Waals surface area contributed by atoms with E-state index in [1.165, 1.54) is 10.8 Å². The summed E-state index contributed by atoms with van der Waals surface area (Å²) in [5, 5.41) is 4.40. The summed E-state index contributed by atoms with van der Waals surface area (Å²) >= 11 is 0.